The molecule has 0 saturated heterocycles. The highest BCUT2D eigenvalue weighted by Gasteiger charge is 2.24. The van der Waals surface area contributed by atoms with E-state index < -0.39 is 0 Å². The number of carbonyl (C=O) groups excluding carboxylic acids is 1. The minimum absolute atomic E-state index is 0.0282. The molecule has 0 saturated carbocycles. The van der Waals surface area contributed by atoms with Crippen LogP contribution in [0.15, 0.2) is 57.8 Å². The lowest BCUT2D eigenvalue weighted by Crippen LogP contribution is -2.31. The third-order valence-corrected chi connectivity index (χ3v) is 4.30. The molecule has 1 N–H and O–H groups in total. The van der Waals surface area contributed by atoms with E-state index in [0.717, 1.165) is 36.1 Å². The summed E-state index contributed by atoms with van der Waals surface area (Å²) in [4.78, 5) is 16.7. The fourth-order valence-electron chi connectivity index (χ4n) is 3.15. The van der Waals surface area contributed by atoms with Gasteiger partial charge in [-0.1, -0.05) is 18.2 Å². The molecular weight excluding hydrogens is 304 g/mol. The van der Waals surface area contributed by atoms with Gasteiger partial charge in [0.05, 0.1) is 24.4 Å². The standard InChI is InChI=1S/C19H18N2O3/c22-18(21-16-7-4-8-17-15(16)9-10-23-17)11-14-12-24-19(20-14)13-5-2-1-3-6-13/h1-3,5-6,9-10,12,16H,4,7-8,11H2,(H,21,22). The van der Waals surface area contributed by atoms with E-state index in [1.807, 2.05) is 36.4 Å². The van der Waals surface area contributed by atoms with Crippen LogP contribution in [-0.2, 0) is 17.6 Å². The fourth-order valence-corrected chi connectivity index (χ4v) is 3.15. The SMILES string of the molecule is O=C(Cc1coc(-c2ccccc2)n1)NC1CCCc2occc21. The van der Waals surface area contributed by atoms with Crippen molar-refractivity contribution in [2.24, 2.45) is 0 Å². The van der Waals surface area contributed by atoms with Crippen molar-refractivity contribution in [2.45, 2.75) is 31.7 Å². The van der Waals surface area contributed by atoms with Gasteiger partial charge in [-0.2, -0.15) is 0 Å². The highest BCUT2D eigenvalue weighted by Crippen LogP contribution is 2.30. The number of hydrogen-bond acceptors (Lipinski definition) is 4. The highest BCUT2D eigenvalue weighted by atomic mass is 16.3. The summed E-state index contributed by atoms with van der Waals surface area (Å²) in [5, 5.41) is 3.08. The Kier molecular flexibility index (Phi) is 3.91. The average Bonchev–Trinajstić information content (AvgIpc) is 3.25. The maximum Gasteiger partial charge on any atom is 0.226 e. The molecule has 0 fully saturated rings. The van der Waals surface area contributed by atoms with Crippen molar-refractivity contribution in [1.29, 1.82) is 0 Å². The van der Waals surface area contributed by atoms with Crippen LogP contribution in [-0.4, -0.2) is 10.9 Å². The summed E-state index contributed by atoms with van der Waals surface area (Å²) >= 11 is 0. The van der Waals surface area contributed by atoms with E-state index in [4.69, 9.17) is 8.83 Å². The molecule has 2 heterocycles. The molecule has 1 aromatic carbocycles. The van der Waals surface area contributed by atoms with Gasteiger partial charge < -0.3 is 14.2 Å². The summed E-state index contributed by atoms with van der Waals surface area (Å²) in [6, 6.07) is 11.6. The van der Waals surface area contributed by atoms with Gasteiger partial charge in [0.2, 0.25) is 11.8 Å². The second kappa shape index (κ2) is 6.35. The van der Waals surface area contributed by atoms with E-state index in [-0.39, 0.29) is 18.4 Å². The lowest BCUT2D eigenvalue weighted by molar-refractivity contribution is -0.121. The minimum atomic E-state index is -0.0537. The molecule has 0 spiro atoms. The van der Waals surface area contributed by atoms with E-state index in [2.05, 4.69) is 10.3 Å². The number of furan rings is 1. The van der Waals surface area contributed by atoms with Crippen LogP contribution in [0, 0.1) is 0 Å². The predicted molar refractivity (Wildman–Crippen MR) is 88.2 cm³/mol. The van der Waals surface area contributed by atoms with Gasteiger partial charge >= 0.3 is 0 Å². The second-order valence-corrected chi connectivity index (χ2v) is 6.00. The van der Waals surface area contributed by atoms with Crippen LogP contribution in [0.2, 0.25) is 0 Å². The molecule has 24 heavy (non-hydrogen) atoms. The van der Waals surface area contributed by atoms with Crippen LogP contribution in [0.5, 0.6) is 0 Å². The van der Waals surface area contributed by atoms with Crippen molar-refractivity contribution in [1.82, 2.24) is 10.3 Å². The molecule has 3 aromatic rings. The van der Waals surface area contributed by atoms with Gasteiger partial charge in [-0.15, -0.1) is 0 Å². The Balaban J connectivity index is 1.42. The van der Waals surface area contributed by atoms with Gasteiger partial charge in [0.25, 0.3) is 0 Å². The Bertz CT molecular complexity index is 835. The normalized spacial score (nSPS) is 16.6. The minimum Gasteiger partial charge on any atom is -0.469 e. The van der Waals surface area contributed by atoms with Gasteiger partial charge in [-0.05, 0) is 31.0 Å². The summed E-state index contributed by atoms with van der Waals surface area (Å²) < 4.78 is 10.9. The van der Waals surface area contributed by atoms with Gasteiger partial charge in [0, 0.05) is 17.5 Å². The van der Waals surface area contributed by atoms with Crippen LogP contribution in [0.1, 0.15) is 35.9 Å². The molecule has 1 aliphatic rings. The number of nitrogens with one attached hydrogen (secondary N) is 1. The van der Waals surface area contributed by atoms with Crippen molar-refractivity contribution in [3.63, 3.8) is 0 Å². The lowest BCUT2D eigenvalue weighted by Gasteiger charge is -2.22. The maximum atomic E-state index is 12.3. The van der Waals surface area contributed by atoms with Gasteiger partial charge in [-0.25, -0.2) is 4.98 Å². The number of benzene rings is 1. The number of hydrogen-bond donors (Lipinski definition) is 1. The first-order valence-corrected chi connectivity index (χ1v) is 8.15. The van der Waals surface area contributed by atoms with Crippen molar-refractivity contribution in [2.75, 3.05) is 0 Å². The molecule has 4 rings (SSSR count). The summed E-state index contributed by atoms with van der Waals surface area (Å²) in [5.41, 5.74) is 2.63. The van der Waals surface area contributed by atoms with E-state index in [0.29, 0.717) is 11.6 Å². The molecule has 1 amide bonds. The second-order valence-electron chi connectivity index (χ2n) is 6.00. The van der Waals surface area contributed by atoms with Crippen LogP contribution in [0.4, 0.5) is 0 Å². The number of aryl methyl sites for hydroxylation is 1. The topological polar surface area (TPSA) is 68.3 Å². The summed E-state index contributed by atoms with van der Waals surface area (Å²) in [7, 11) is 0. The molecule has 2 aromatic heterocycles. The number of nitrogens with zero attached hydrogens (tertiary/aromatic N) is 1. The molecule has 5 nitrogen and oxygen atoms in total. The molecule has 0 aliphatic heterocycles. The van der Waals surface area contributed by atoms with Crippen molar-refractivity contribution < 1.29 is 13.6 Å². The number of fused-ring (bicyclic) bond motifs is 1. The molecular formula is C19H18N2O3. The van der Waals surface area contributed by atoms with Crippen molar-refractivity contribution >= 4 is 5.91 Å². The first-order valence-electron chi connectivity index (χ1n) is 8.15. The zero-order chi connectivity index (χ0) is 16.4. The Morgan fingerprint density at radius 2 is 2.08 bits per heavy atom. The quantitative estimate of drug-likeness (QED) is 0.796. The van der Waals surface area contributed by atoms with Crippen LogP contribution in [0.3, 0.4) is 0 Å². The Hall–Kier alpha value is -2.82. The third-order valence-electron chi connectivity index (χ3n) is 4.30. The van der Waals surface area contributed by atoms with Gasteiger partial charge in [-0.3, -0.25) is 4.79 Å². The first-order chi connectivity index (χ1) is 11.8. The number of aromatic nitrogens is 1. The average molecular weight is 322 g/mol. The molecule has 1 aliphatic carbocycles. The Morgan fingerprint density at radius 3 is 2.96 bits per heavy atom. The number of amides is 1. The van der Waals surface area contributed by atoms with Crippen LogP contribution in [0.25, 0.3) is 11.5 Å². The fraction of sp³-hybridized carbons (Fsp3) is 0.263. The zero-order valence-electron chi connectivity index (χ0n) is 13.2. The van der Waals surface area contributed by atoms with Crippen molar-refractivity contribution in [3.8, 4) is 11.5 Å². The molecule has 0 radical (unpaired) electrons. The van der Waals surface area contributed by atoms with Crippen molar-refractivity contribution in [3.05, 3.63) is 65.9 Å². The zero-order valence-corrected chi connectivity index (χ0v) is 13.2. The molecule has 1 unspecified atom stereocenters. The highest BCUT2D eigenvalue weighted by molar-refractivity contribution is 5.78. The maximum absolute atomic E-state index is 12.3. The van der Waals surface area contributed by atoms with E-state index in [9.17, 15) is 4.79 Å². The third kappa shape index (κ3) is 2.97. The van der Waals surface area contributed by atoms with E-state index in [1.165, 1.54) is 0 Å². The Labute approximate surface area is 139 Å². The van der Waals surface area contributed by atoms with Crippen LogP contribution < -0.4 is 5.32 Å². The smallest absolute Gasteiger partial charge is 0.226 e. The van der Waals surface area contributed by atoms with E-state index >= 15 is 0 Å². The van der Waals surface area contributed by atoms with E-state index in [1.54, 1.807) is 12.5 Å². The Morgan fingerprint density at radius 1 is 1.21 bits per heavy atom. The van der Waals surface area contributed by atoms with Crippen LogP contribution >= 0.6 is 0 Å². The summed E-state index contributed by atoms with van der Waals surface area (Å²) in [6.07, 6.45) is 6.35. The molecule has 0 bridgehead atoms. The monoisotopic (exact) mass is 322 g/mol. The number of oxazole rings is 1. The predicted octanol–water partition coefficient (Wildman–Crippen LogP) is 3.67. The number of rotatable bonds is 4. The lowest BCUT2D eigenvalue weighted by atomic mass is 9.93. The summed E-state index contributed by atoms with van der Waals surface area (Å²) in [6.45, 7) is 0. The molecule has 122 valence electrons. The molecule has 5 heteroatoms. The first kappa shape index (κ1) is 14.8. The summed E-state index contributed by atoms with van der Waals surface area (Å²) in [5.74, 6) is 1.47. The molecule has 1 atom stereocenters. The largest absolute Gasteiger partial charge is 0.469 e. The van der Waals surface area contributed by atoms with Gasteiger partial charge in [0.1, 0.15) is 12.0 Å². The van der Waals surface area contributed by atoms with Gasteiger partial charge in [0.15, 0.2) is 0 Å². The number of carbonyl (C=O) groups is 1.